The number of hydrogen-bond donors (Lipinski definition) is 3. The highest BCUT2D eigenvalue weighted by molar-refractivity contribution is 7.98. The van der Waals surface area contributed by atoms with Crippen LogP contribution < -0.4 is 16.2 Å². The first-order chi connectivity index (χ1) is 14.0. The van der Waals surface area contributed by atoms with E-state index in [-0.39, 0.29) is 5.76 Å². The standard InChI is InChI=1S/C22H17N3O3S/c1-25-20-17(21(27)24-22(25)28)15(11-7-9-12(29-2)10-8-11)16-18(23-20)13-5-3-4-6-14(13)19(16)26/h3-10,15,26H,1-2H3,(H,24,27,28)/p+1. The number of aromatic nitrogens is 2. The zero-order chi connectivity index (χ0) is 20.3. The quantitative estimate of drug-likeness (QED) is 0.564. The molecule has 3 N–H and O–H groups in total. The van der Waals surface area contributed by atoms with E-state index in [9.17, 15) is 14.7 Å². The average molecular weight is 404 g/mol. The summed E-state index contributed by atoms with van der Waals surface area (Å²) >= 11 is 1.63. The van der Waals surface area contributed by atoms with Gasteiger partial charge in [0.2, 0.25) is 0 Å². The fraction of sp³-hybridized carbons (Fsp3) is 0.136. The molecule has 1 aliphatic carbocycles. The Morgan fingerprint density at radius 2 is 1.76 bits per heavy atom. The summed E-state index contributed by atoms with van der Waals surface area (Å²) < 4.78 is 1.40. The third-order valence-corrected chi connectivity index (χ3v) is 6.35. The molecule has 1 aromatic heterocycles. The van der Waals surface area contributed by atoms with Crippen LogP contribution >= 0.6 is 11.8 Å². The molecule has 6 nitrogen and oxygen atoms in total. The van der Waals surface area contributed by atoms with E-state index in [0.29, 0.717) is 22.5 Å². The van der Waals surface area contributed by atoms with E-state index in [1.54, 1.807) is 18.8 Å². The van der Waals surface area contributed by atoms with Gasteiger partial charge in [-0.15, -0.1) is 11.8 Å². The van der Waals surface area contributed by atoms with Gasteiger partial charge in [-0.2, -0.15) is 4.57 Å². The molecule has 0 radical (unpaired) electrons. The van der Waals surface area contributed by atoms with Crippen LogP contribution in [0, 0.1) is 0 Å². The van der Waals surface area contributed by atoms with Crippen molar-refractivity contribution in [3.63, 3.8) is 0 Å². The van der Waals surface area contributed by atoms with Crippen LogP contribution in [0.5, 0.6) is 0 Å². The highest BCUT2D eigenvalue weighted by Crippen LogP contribution is 2.43. The molecular formula is C22H18N3O3S+. The van der Waals surface area contributed by atoms with Crippen molar-refractivity contribution in [3.05, 3.63) is 97.2 Å². The van der Waals surface area contributed by atoms with Crippen molar-refractivity contribution >= 4 is 29.1 Å². The van der Waals surface area contributed by atoms with Crippen molar-refractivity contribution in [2.24, 2.45) is 7.05 Å². The minimum absolute atomic E-state index is 0.154. The third-order valence-electron chi connectivity index (χ3n) is 5.61. The Morgan fingerprint density at radius 1 is 1.07 bits per heavy atom. The van der Waals surface area contributed by atoms with Crippen LogP contribution in [0.4, 0.5) is 5.82 Å². The lowest BCUT2D eigenvalue weighted by atomic mass is 9.81. The number of H-pyrrole nitrogens is 1. The minimum atomic E-state index is -0.500. The van der Waals surface area contributed by atoms with Gasteiger partial charge in [0.1, 0.15) is 17.0 Å². The molecule has 0 saturated carbocycles. The number of benzene rings is 2. The van der Waals surface area contributed by atoms with E-state index in [4.69, 9.17) is 0 Å². The SMILES string of the molecule is CSc1ccc(C2C3=C(O)c4ccccc4C3=[NH+]c3c2c(=O)[nH]c(=O)n3C)cc1. The van der Waals surface area contributed by atoms with Gasteiger partial charge in [0, 0.05) is 16.0 Å². The summed E-state index contributed by atoms with van der Waals surface area (Å²) in [5.74, 6) is 0.0991. The molecule has 0 spiro atoms. The van der Waals surface area contributed by atoms with Crippen molar-refractivity contribution in [1.29, 1.82) is 0 Å². The molecule has 29 heavy (non-hydrogen) atoms. The average Bonchev–Trinajstić information content (AvgIpc) is 3.03. The normalized spacial score (nSPS) is 16.9. The summed E-state index contributed by atoms with van der Waals surface area (Å²) in [6.45, 7) is 0. The van der Waals surface area contributed by atoms with Crippen LogP contribution in [0.2, 0.25) is 0 Å². The zero-order valence-corrected chi connectivity index (χ0v) is 16.6. The number of nitrogens with zero attached hydrogens (tertiary/aromatic N) is 1. The zero-order valence-electron chi connectivity index (χ0n) is 15.8. The number of fused-ring (bicyclic) bond motifs is 4. The van der Waals surface area contributed by atoms with Crippen LogP contribution in [0.3, 0.4) is 0 Å². The largest absolute Gasteiger partial charge is 0.507 e. The Bertz CT molecular complexity index is 1350. The lowest BCUT2D eigenvalue weighted by Gasteiger charge is -2.23. The molecule has 2 aliphatic rings. The first-order valence-corrected chi connectivity index (χ1v) is 10.4. The van der Waals surface area contributed by atoms with Gasteiger partial charge in [0.25, 0.3) is 11.4 Å². The fourth-order valence-corrected chi connectivity index (χ4v) is 4.59. The van der Waals surface area contributed by atoms with E-state index >= 15 is 0 Å². The summed E-state index contributed by atoms with van der Waals surface area (Å²) in [4.78, 5) is 31.9. The van der Waals surface area contributed by atoms with Gasteiger partial charge < -0.3 is 5.11 Å². The van der Waals surface area contributed by atoms with E-state index in [1.807, 2.05) is 54.8 Å². The van der Waals surface area contributed by atoms with Gasteiger partial charge in [0.05, 0.1) is 18.5 Å². The number of aromatic amines is 1. The molecule has 0 amide bonds. The number of rotatable bonds is 2. The number of aliphatic hydroxyl groups excluding tert-OH is 1. The second kappa shape index (κ2) is 6.35. The number of aliphatic hydroxyl groups is 1. The summed E-state index contributed by atoms with van der Waals surface area (Å²) in [5.41, 5.74) is 3.30. The van der Waals surface area contributed by atoms with Gasteiger partial charge in [-0.25, -0.2) is 9.79 Å². The Kier molecular flexibility index (Phi) is 3.89. The van der Waals surface area contributed by atoms with Crippen molar-refractivity contribution in [1.82, 2.24) is 9.55 Å². The van der Waals surface area contributed by atoms with Crippen LogP contribution in [-0.2, 0) is 7.05 Å². The van der Waals surface area contributed by atoms with Gasteiger partial charge in [0.15, 0.2) is 0 Å². The van der Waals surface area contributed by atoms with Crippen molar-refractivity contribution < 1.29 is 10.1 Å². The number of nitrogens with one attached hydrogen (secondary N) is 2. The van der Waals surface area contributed by atoms with Gasteiger partial charge >= 0.3 is 5.69 Å². The van der Waals surface area contributed by atoms with E-state index in [1.165, 1.54) is 4.57 Å². The Hall–Kier alpha value is -3.32. The van der Waals surface area contributed by atoms with Crippen LogP contribution in [0.25, 0.3) is 5.76 Å². The molecule has 7 heteroatoms. The van der Waals surface area contributed by atoms with Crippen molar-refractivity contribution in [2.45, 2.75) is 10.8 Å². The van der Waals surface area contributed by atoms with E-state index in [2.05, 4.69) is 9.98 Å². The summed E-state index contributed by atoms with van der Waals surface area (Å²) in [6.07, 6.45) is 2.00. The summed E-state index contributed by atoms with van der Waals surface area (Å²) in [5, 5.41) is 11.1. The lowest BCUT2D eigenvalue weighted by molar-refractivity contribution is -0.363. The number of hydrogen-bond acceptors (Lipinski definition) is 4. The van der Waals surface area contributed by atoms with E-state index < -0.39 is 17.2 Å². The molecule has 2 heterocycles. The molecule has 3 aromatic rings. The van der Waals surface area contributed by atoms with Gasteiger partial charge in [-0.1, -0.05) is 30.3 Å². The van der Waals surface area contributed by atoms with Crippen molar-refractivity contribution in [3.8, 4) is 0 Å². The predicted octanol–water partition coefficient (Wildman–Crippen LogP) is 1.43. The molecule has 144 valence electrons. The second-order valence-electron chi connectivity index (χ2n) is 7.09. The first-order valence-electron chi connectivity index (χ1n) is 9.15. The lowest BCUT2D eigenvalue weighted by Crippen LogP contribution is -2.72. The Labute approximate surface area is 170 Å². The number of thioether (sulfide) groups is 1. The molecule has 1 atom stereocenters. The molecule has 0 bridgehead atoms. The summed E-state index contributed by atoms with van der Waals surface area (Å²) in [6, 6.07) is 15.5. The van der Waals surface area contributed by atoms with Crippen LogP contribution in [0.15, 0.2) is 68.6 Å². The third kappa shape index (κ3) is 2.47. The smallest absolute Gasteiger partial charge is 0.415 e. The maximum atomic E-state index is 12.9. The highest BCUT2D eigenvalue weighted by atomic mass is 32.2. The summed E-state index contributed by atoms with van der Waals surface area (Å²) in [7, 11) is 1.62. The van der Waals surface area contributed by atoms with Gasteiger partial charge in [-0.05, 0) is 30.0 Å². The Balaban J connectivity index is 1.88. The maximum Gasteiger partial charge on any atom is 0.415 e. The molecule has 1 unspecified atom stereocenters. The maximum absolute atomic E-state index is 12.9. The van der Waals surface area contributed by atoms with Crippen LogP contribution in [-0.4, -0.2) is 26.6 Å². The van der Waals surface area contributed by atoms with Gasteiger partial charge in [-0.3, -0.25) is 9.78 Å². The molecule has 5 rings (SSSR count). The molecule has 0 fully saturated rings. The predicted molar refractivity (Wildman–Crippen MR) is 113 cm³/mol. The minimum Gasteiger partial charge on any atom is -0.507 e. The van der Waals surface area contributed by atoms with E-state index in [0.717, 1.165) is 21.7 Å². The highest BCUT2D eigenvalue weighted by Gasteiger charge is 2.43. The molecule has 1 aliphatic heterocycles. The molecule has 0 saturated heterocycles. The topological polar surface area (TPSA) is 89.1 Å². The Morgan fingerprint density at radius 3 is 2.45 bits per heavy atom. The van der Waals surface area contributed by atoms with Crippen molar-refractivity contribution in [2.75, 3.05) is 6.26 Å². The first kappa shape index (κ1) is 17.8. The van der Waals surface area contributed by atoms with Crippen LogP contribution in [0.1, 0.15) is 28.2 Å². The molecular weight excluding hydrogens is 386 g/mol. The molecule has 2 aromatic carbocycles. The monoisotopic (exact) mass is 404 g/mol. The number of allylic oxidation sites excluding steroid dienone is 1. The second-order valence-corrected chi connectivity index (χ2v) is 7.97. The fourth-order valence-electron chi connectivity index (χ4n) is 4.18.